The fraction of sp³-hybridized carbons (Fsp3) is 0.769. The lowest BCUT2D eigenvalue weighted by Gasteiger charge is -2.25. The zero-order valence-electron chi connectivity index (χ0n) is 11.1. The summed E-state index contributed by atoms with van der Waals surface area (Å²) in [5.74, 6) is 0. The molecule has 1 aliphatic rings. The van der Waals surface area contributed by atoms with Gasteiger partial charge in [-0.3, -0.25) is 9.58 Å². The second-order valence-corrected chi connectivity index (χ2v) is 5.90. The number of likely N-dealkylation sites (tertiary alicyclic amines) is 1. The van der Waals surface area contributed by atoms with Crippen LogP contribution in [0.3, 0.4) is 0 Å². The topological polar surface area (TPSA) is 21.1 Å². The fourth-order valence-electron chi connectivity index (χ4n) is 2.29. The predicted octanol–water partition coefficient (Wildman–Crippen LogP) is 3.17. The molecule has 1 fully saturated rings. The molecular formula is C13H23N3S. The summed E-state index contributed by atoms with van der Waals surface area (Å²) in [4.78, 5) is 3.88. The van der Waals surface area contributed by atoms with Crippen LogP contribution in [0.25, 0.3) is 0 Å². The largest absolute Gasteiger partial charge is 0.297 e. The Labute approximate surface area is 109 Å². The first-order chi connectivity index (χ1) is 8.20. The Bertz CT molecular complexity index is 354. The summed E-state index contributed by atoms with van der Waals surface area (Å²) in [5.41, 5.74) is 1.26. The molecule has 2 rings (SSSR count). The van der Waals surface area contributed by atoms with E-state index in [4.69, 9.17) is 5.10 Å². The van der Waals surface area contributed by atoms with E-state index in [0.717, 1.165) is 6.54 Å². The zero-order valence-corrected chi connectivity index (χ0v) is 12.0. The third kappa shape index (κ3) is 3.26. The number of thioether (sulfide) groups is 1. The molecule has 0 radical (unpaired) electrons. The molecule has 0 unspecified atom stereocenters. The summed E-state index contributed by atoms with van der Waals surface area (Å²) in [7, 11) is 0. The van der Waals surface area contributed by atoms with Crippen molar-refractivity contribution in [1.29, 1.82) is 0 Å². The summed E-state index contributed by atoms with van der Waals surface area (Å²) in [6.45, 7) is 7.87. The van der Waals surface area contributed by atoms with E-state index in [0.29, 0.717) is 6.04 Å². The van der Waals surface area contributed by atoms with E-state index in [2.05, 4.69) is 35.9 Å². The monoisotopic (exact) mass is 253 g/mol. The first-order valence-electron chi connectivity index (χ1n) is 6.55. The minimum Gasteiger partial charge on any atom is -0.297 e. The Balaban J connectivity index is 2.07. The van der Waals surface area contributed by atoms with Crippen LogP contribution in [0.4, 0.5) is 0 Å². The van der Waals surface area contributed by atoms with Crippen LogP contribution in [0.5, 0.6) is 0 Å². The van der Waals surface area contributed by atoms with Gasteiger partial charge in [-0.2, -0.15) is 5.10 Å². The van der Waals surface area contributed by atoms with E-state index >= 15 is 0 Å². The van der Waals surface area contributed by atoms with Gasteiger partial charge in [0.05, 0.1) is 5.69 Å². The maximum Gasteiger partial charge on any atom is 0.0900 e. The highest BCUT2D eigenvalue weighted by molar-refractivity contribution is 7.98. The lowest BCUT2D eigenvalue weighted by Crippen LogP contribution is -2.29. The second kappa shape index (κ2) is 5.91. The third-order valence-electron chi connectivity index (χ3n) is 3.34. The van der Waals surface area contributed by atoms with E-state index < -0.39 is 0 Å². The predicted molar refractivity (Wildman–Crippen MR) is 73.5 cm³/mol. The van der Waals surface area contributed by atoms with Gasteiger partial charge in [-0.05, 0) is 46.0 Å². The van der Waals surface area contributed by atoms with Crippen molar-refractivity contribution in [3.8, 4) is 0 Å². The molecule has 0 N–H and O–H groups in total. The van der Waals surface area contributed by atoms with Crippen LogP contribution in [0.1, 0.15) is 44.8 Å². The summed E-state index contributed by atoms with van der Waals surface area (Å²) in [5, 5.41) is 4.73. The number of rotatable bonds is 4. The van der Waals surface area contributed by atoms with Crippen molar-refractivity contribution in [2.45, 2.75) is 50.6 Å². The molecule has 0 aromatic carbocycles. The highest BCUT2D eigenvalue weighted by Crippen LogP contribution is 2.23. The van der Waals surface area contributed by atoms with E-state index in [1.165, 1.54) is 42.9 Å². The van der Waals surface area contributed by atoms with Crippen LogP contribution in [0.15, 0.2) is 11.1 Å². The minimum atomic E-state index is 0.455. The summed E-state index contributed by atoms with van der Waals surface area (Å²) >= 11 is 1.81. The first kappa shape index (κ1) is 13.0. The molecule has 3 nitrogen and oxygen atoms in total. The highest BCUT2D eigenvalue weighted by Gasteiger charge is 2.15. The maximum absolute atomic E-state index is 4.73. The van der Waals surface area contributed by atoms with E-state index in [1.807, 2.05) is 11.8 Å². The van der Waals surface area contributed by atoms with Crippen molar-refractivity contribution in [3.63, 3.8) is 0 Å². The number of hydrogen-bond donors (Lipinski definition) is 0. The molecule has 0 saturated carbocycles. The Morgan fingerprint density at radius 3 is 2.59 bits per heavy atom. The van der Waals surface area contributed by atoms with Crippen LogP contribution in [-0.4, -0.2) is 34.0 Å². The lowest BCUT2D eigenvalue weighted by atomic mass is 10.1. The van der Waals surface area contributed by atoms with E-state index in [9.17, 15) is 0 Å². The minimum absolute atomic E-state index is 0.455. The molecule has 1 aromatic rings. The molecule has 0 atom stereocenters. The summed E-state index contributed by atoms with van der Waals surface area (Å²) in [6.07, 6.45) is 8.42. The fourth-order valence-corrected chi connectivity index (χ4v) is 2.84. The molecule has 96 valence electrons. The number of aromatic nitrogens is 2. The van der Waals surface area contributed by atoms with Gasteiger partial charge in [0.1, 0.15) is 0 Å². The molecule has 1 aromatic heterocycles. The van der Waals surface area contributed by atoms with Gasteiger partial charge < -0.3 is 0 Å². The molecule has 1 aliphatic heterocycles. The lowest BCUT2D eigenvalue weighted by molar-refractivity contribution is 0.216. The number of hydrogen-bond acceptors (Lipinski definition) is 3. The van der Waals surface area contributed by atoms with Crippen LogP contribution < -0.4 is 0 Å². The SMILES string of the molecule is CSc1cn(C(C)C)nc1CN1CCCCC1. The van der Waals surface area contributed by atoms with Gasteiger partial charge in [0.25, 0.3) is 0 Å². The Kier molecular flexibility index (Phi) is 4.51. The van der Waals surface area contributed by atoms with E-state index in [1.54, 1.807) is 0 Å². The number of nitrogens with zero attached hydrogens (tertiary/aromatic N) is 3. The van der Waals surface area contributed by atoms with E-state index in [-0.39, 0.29) is 0 Å². The van der Waals surface area contributed by atoms with Crippen LogP contribution >= 0.6 is 11.8 Å². The summed E-state index contributed by atoms with van der Waals surface area (Å²) < 4.78 is 2.09. The van der Waals surface area contributed by atoms with Gasteiger partial charge in [0, 0.05) is 23.7 Å². The molecule has 0 amide bonds. The van der Waals surface area contributed by atoms with Crippen molar-refractivity contribution in [3.05, 3.63) is 11.9 Å². The number of piperidine rings is 1. The smallest absolute Gasteiger partial charge is 0.0900 e. The molecule has 17 heavy (non-hydrogen) atoms. The quantitative estimate of drug-likeness (QED) is 0.769. The van der Waals surface area contributed by atoms with Gasteiger partial charge in [0.15, 0.2) is 0 Å². The molecule has 2 heterocycles. The molecule has 1 saturated heterocycles. The summed E-state index contributed by atoms with van der Waals surface area (Å²) in [6, 6.07) is 0.455. The van der Waals surface area contributed by atoms with Gasteiger partial charge >= 0.3 is 0 Å². The van der Waals surface area contributed by atoms with Crippen LogP contribution in [0.2, 0.25) is 0 Å². The van der Waals surface area contributed by atoms with Crippen molar-refractivity contribution >= 4 is 11.8 Å². The zero-order chi connectivity index (χ0) is 12.3. The second-order valence-electron chi connectivity index (χ2n) is 5.05. The molecule has 0 aliphatic carbocycles. The molecular weight excluding hydrogens is 230 g/mol. The highest BCUT2D eigenvalue weighted by atomic mass is 32.2. The van der Waals surface area contributed by atoms with Crippen molar-refractivity contribution in [2.75, 3.05) is 19.3 Å². The van der Waals surface area contributed by atoms with Gasteiger partial charge in [-0.25, -0.2) is 0 Å². The average molecular weight is 253 g/mol. The third-order valence-corrected chi connectivity index (χ3v) is 4.12. The Morgan fingerprint density at radius 1 is 1.29 bits per heavy atom. The Hall–Kier alpha value is -0.480. The van der Waals surface area contributed by atoms with Gasteiger partial charge in [-0.15, -0.1) is 11.8 Å². The molecule has 4 heteroatoms. The van der Waals surface area contributed by atoms with Crippen molar-refractivity contribution in [2.24, 2.45) is 0 Å². The van der Waals surface area contributed by atoms with Crippen molar-refractivity contribution < 1.29 is 0 Å². The first-order valence-corrected chi connectivity index (χ1v) is 7.77. The molecule has 0 bridgehead atoms. The van der Waals surface area contributed by atoms with Gasteiger partial charge in [-0.1, -0.05) is 6.42 Å². The van der Waals surface area contributed by atoms with Gasteiger partial charge in [0.2, 0.25) is 0 Å². The average Bonchev–Trinajstić information content (AvgIpc) is 2.74. The van der Waals surface area contributed by atoms with Crippen molar-refractivity contribution in [1.82, 2.24) is 14.7 Å². The standard InChI is InChI=1S/C13H23N3S/c1-11(2)16-10-13(17-3)12(14-16)9-15-7-5-4-6-8-15/h10-11H,4-9H2,1-3H3. The molecule has 0 spiro atoms. The Morgan fingerprint density at radius 2 is 2.00 bits per heavy atom. The van der Waals surface area contributed by atoms with Crippen LogP contribution in [0, 0.1) is 0 Å². The van der Waals surface area contributed by atoms with Crippen LogP contribution in [-0.2, 0) is 6.54 Å². The maximum atomic E-state index is 4.73. The normalized spacial score (nSPS) is 17.9.